The fraction of sp³-hybridized carbons (Fsp3) is 0.368. The Labute approximate surface area is 161 Å². The molecule has 0 amide bonds. The lowest BCUT2D eigenvalue weighted by Gasteiger charge is -2.33. The zero-order valence-electron chi connectivity index (χ0n) is 15.0. The average molecular weight is 386 g/mol. The molecule has 140 valence electrons. The molecule has 0 radical (unpaired) electrons. The van der Waals surface area contributed by atoms with E-state index in [0.29, 0.717) is 34.1 Å². The van der Waals surface area contributed by atoms with Gasteiger partial charge in [-0.25, -0.2) is 15.0 Å². The highest BCUT2D eigenvalue weighted by atomic mass is 35.5. The lowest BCUT2D eigenvalue weighted by molar-refractivity contribution is 0.351. The second-order valence-electron chi connectivity index (χ2n) is 6.71. The highest BCUT2D eigenvalue weighted by molar-refractivity contribution is 6.32. The molecule has 1 aromatic carbocycles. The predicted molar refractivity (Wildman–Crippen MR) is 105 cm³/mol. The van der Waals surface area contributed by atoms with Crippen molar-refractivity contribution in [3.8, 4) is 5.75 Å². The normalized spacial score (nSPS) is 15.3. The Morgan fingerprint density at radius 1 is 1.26 bits per heavy atom. The summed E-state index contributed by atoms with van der Waals surface area (Å²) in [5.41, 5.74) is 0.646. The van der Waals surface area contributed by atoms with Crippen molar-refractivity contribution in [2.45, 2.75) is 19.4 Å². The van der Waals surface area contributed by atoms with Gasteiger partial charge in [0.05, 0.1) is 30.5 Å². The number of piperidine rings is 1. The Bertz CT molecular complexity index is 1010. The number of benzene rings is 1. The van der Waals surface area contributed by atoms with Gasteiger partial charge in [0.15, 0.2) is 5.82 Å². The van der Waals surface area contributed by atoms with Crippen molar-refractivity contribution in [3.63, 3.8) is 0 Å². The van der Waals surface area contributed by atoms with Gasteiger partial charge in [-0.1, -0.05) is 11.6 Å². The third-order valence-electron chi connectivity index (χ3n) is 5.05. The number of methoxy groups -OCH3 is 1. The zero-order chi connectivity index (χ0) is 18.8. The first-order chi connectivity index (χ1) is 13.2. The fourth-order valence-electron chi connectivity index (χ4n) is 3.54. The molecule has 27 heavy (non-hydrogen) atoms. The van der Waals surface area contributed by atoms with Crippen LogP contribution in [0.1, 0.15) is 12.8 Å². The molecular weight excluding hydrogens is 366 g/mol. The molecule has 0 saturated carbocycles. The first kappa shape index (κ1) is 17.7. The summed E-state index contributed by atoms with van der Waals surface area (Å²) in [5.74, 6) is 1.89. The van der Waals surface area contributed by atoms with Gasteiger partial charge in [0.1, 0.15) is 17.1 Å². The fourth-order valence-corrected chi connectivity index (χ4v) is 3.76. The molecule has 0 unspecified atom stereocenters. The van der Waals surface area contributed by atoms with Crippen LogP contribution >= 0.6 is 11.6 Å². The number of nitrogens with zero attached hydrogens (tertiary/aromatic N) is 5. The maximum atomic E-state index is 12.8. The van der Waals surface area contributed by atoms with Gasteiger partial charge in [-0.2, -0.15) is 0 Å². The molecule has 1 aliphatic heterocycles. The van der Waals surface area contributed by atoms with Crippen molar-refractivity contribution in [1.82, 2.24) is 19.5 Å². The second-order valence-corrected chi connectivity index (χ2v) is 7.12. The molecule has 0 aliphatic carbocycles. The minimum atomic E-state index is -0.0103. The molecule has 7 nitrogen and oxygen atoms in total. The third kappa shape index (κ3) is 3.60. The van der Waals surface area contributed by atoms with Crippen LogP contribution in [0.2, 0.25) is 5.02 Å². The van der Waals surface area contributed by atoms with Gasteiger partial charge >= 0.3 is 0 Å². The summed E-state index contributed by atoms with van der Waals surface area (Å²) >= 11 is 6.19. The van der Waals surface area contributed by atoms with Crippen molar-refractivity contribution in [2.24, 2.45) is 5.92 Å². The van der Waals surface area contributed by atoms with Gasteiger partial charge < -0.3 is 9.64 Å². The van der Waals surface area contributed by atoms with Gasteiger partial charge in [0.25, 0.3) is 5.56 Å². The van der Waals surface area contributed by atoms with E-state index >= 15 is 0 Å². The SMILES string of the molecule is COc1ccc2c(=O)n(CC3CCN(c4ncncc4Cl)CC3)cnc2c1. The molecule has 8 heteroatoms. The van der Waals surface area contributed by atoms with Gasteiger partial charge in [-0.3, -0.25) is 9.36 Å². The average Bonchev–Trinajstić information content (AvgIpc) is 2.71. The molecule has 3 heterocycles. The number of anilines is 1. The van der Waals surface area contributed by atoms with Gasteiger partial charge in [-0.15, -0.1) is 0 Å². The second kappa shape index (κ2) is 7.52. The van der Waals surface area contributed by atoms with E-state index in [1.165, 1.54) is 6.33 Å². The smallest absolute Gasteiger partial charge is 0.261 e. The van der Waals surface area contributed by atoms with Crippen LogP contribution in [0.3, 0.4) is 0 Å². The Balaban J connectivity index is 1.47. The molecule has 0 atom stereocenters. The maximum absolute atomic E-state index is 12.8. The number of hydrogen-bond acceptors (Lipinski definition) is 6. The monoisotopic (exact) mass is 385 g/mol. The summed E-state index contributed by atoms with van der Waals surface area (Å²) in [6.45, 7) is 2.38. The topological polar surface area (TPSA) is 73.1 Å². The van der Waals surface area contributed by atoms with Crippen molar-refractivity contribution in [2.75, 3.05) is 25.1 Å². The predicted octanol–water partition coefficient (Wildman–Crippen LogP) is 2.77. The molecule has 1 fully saturated rings. The Morgan fingerprint density at radius 2 is 2.07 bits per heavy atom. The van der Waals surface area contributed by atoms with Crippen molar-refractivity contribution in [1.29, 1.82) is 0 Å². The van der Waals surface area contributed by atoms with Gasteiger partial charge in [0.2, 0.25) is 0 Å². The third-order valence-corrected chi connectivity index (χ3v) is 5.32. The highest BCUT2D eigenvalue weighted by Gasteiger charge is 2.22. The van der Waals surface area contributed by atoms with E-state index in [1.807, 2.05) is 0 Å². The largest absolute Gasteiger partial charge is 0.497 e. The Kier molecular flexibility index (Phi) is 4.94. The molecule has 0 spiro atoms. The number of ether oxygens (including phenoxy) is 1. The summed E-state index contributed by atoms with van der Waals surface area (Å²) in [4.78, 5) is 27.6. The van der Waals surface area contributed by atoms with E-state index in [1.54, 1.807) is 42.4 Å². The Morgan fingerprint density at radius 3 is 2.81 bits per heavy atom. The minimum absolute atomic E-state index is 0.0103. The van der Waals surface area contributed by atoms with E-state index < -0.39 is 0 Å². The molecule has 1 aliphatic rings. The highest BCUT2D eigenvalue weighted by Crippen LogP contribution is 2.27. The van der Waals surface area contributed by atoms with Crippen LogP contribution in [-0.4, -0.2) is 39.7 Å². The van der Waals surface area contributed by atoms with E-state index in [2.05, 4.69) is 19.9 Å². The lowest BCUT2D eigenvalue weighted by Crippen LogP contribution is -2.37. The first-order valence-corrected chi connectivity index (χ1v) is 9.27. The molecular formula is C19H20ClN5O2. The molecule has 2 aromatic heterocycles. The van der Waals surface area contributed by atoms with Crippen LogP contribution in [0, 0.1) is 5.92 Å². The van der Waals surface area contributed by atoms with Crippen LogP contribution in [0.4, 0.5) is 5.82 Å². The van der Waals surface area contributed by atoms with Crippen molar-refractivity contribution >= 4 is 28.3 Å². The van der Waals surface area contributed by atoms with Crippen LogP contribution in [0.25, 0.3) is 10.9 Å². The number of halogens is 1. The number of rotatable bonds is 4. The summed E-state index contributed by atoms with van der Waals surface area (Å²) < 4.78 is 6.91. The van der Waals surface area contributed by atoms with Crippen molar-refractivity contribution in [3.05, 3.63) is 52.4 Å². The summed E-state index contributed by atoms with van der Waals surface area (Å²) in [5, 5.41) is 1.19. The van der Waals surface area contributed by atoms with E-state index in [0.717, 1.165) is 31.7 Å². The summed E-state index contributed by atoms with van der Waals surface area (Å²) in [6.07, 6.45) is 6.70. The van der Waals surface area contributed by atoms with Crippen LogP contribution in [-0.2, 0) is 6.54 Å². The Hall–Kier alpha value is -2.67. The van der Waals surface area contributed by atoms with Gasteiger partial charge in [0, 0.05) is 25.7 Å². The molecule has 3 aromatic rings. The molecule has 1 saturated heterocycles. The quantitative estimate of drug-likeness (QED) is 0.687. The van der Waals surface area contributed by atoms with E-state index in [4.69, 9.17) is 16.3 Å². The zero-order valence-corrected chi connectivity index (χ0v) is 15.8. The van der Waals surface area contributed by atoms with Gasteiger partial charge in [-0.05, 0) is 30.9 Å². The number of fused-ring (bicyclic) bond motifs is 1. The van der Waals surface area contributed by atoms with Crippen LogP contribution < -0.4 is 15.2 Å². The molecule has 4 rings (SSSR count). The van der Waals surface area contributed by atoms with E-state index in [9.17, 15) is 4.79 Å². The molecule has 0 bridgehead atoms. The number of hydrogen-bond donors (Lipinski definition) is 0. The standard InChI is InChI=1S/C19H20ClN5O2/c1-27-14-2-3-15-17(8-14)23-12-25(19(15)26)10-13-4-6-24(7-5-13)18-16(20)9-21-11-22-18/h2-3,8-9,11-13H,4-7,10H2,1H3. The lowest BCUT2D eigenvalue weighted by atomic mass is 9.96. The maximum Gasteiger partial charge on any atom is 0.261 e. The minimum Gasteiger partial charge on any atom is -0.497 e. The number of aromatic nitrogens is 4. The first-order valence-electron chi connectivity index (χ1n) is 8.89. The summed E-state index contributed by atoms with van der Waals surface area (Å²) in [6, 6.07) is 5.35. The molecule has 0 N–H and O–H groups in total. The van der Waals surface area contributed by atoms with Crippen molar-refractivity contribution < 1.29 is 4.74 Å². The van der Waals surface area contributed by atoms with E-state index in [-0.39, 0.29) is 5.56 Å². The van der Waals surface area contributed by atoms with Crippen LogP contribution in [0.5, 0.6) is 5.75 Å². The van der Waals surface area contributed by atoms with Crippen LogP contribution in [0.15, 0.2) is 41.8 Å². The summed E-state index contributed by atoms with van der Waals surface area (Å²) in [7, 11) is 1.60.